The van der Waals surface area contributed by atoms with Crippen molar-refractivity contribution in [3.05, 3.63) is 28.8 Å². The lowest BCUT2D eigenvalue weighted by molar-refractivity contribution is 0.152. The van der Waals surface area contributed by atoms with E-state index < -0.39 is 6.09 Å². The fourth-order valence-electron chi connectivity index (χ4n) is 2.95. The van der Waals surface area contributed by atoms with Gasteiger partial charge in [0.25, 0.3) is 0 Å². The standard InChI is InChI=1S/C13H14ClNO3/c14-11-3-1-2-9-10-7-15(13(16)17)6-8(10)4-5-18-12(9)11/h1-3,8,10H,4-7H2,(H,16,17)/t8-,10-/m0/s1. The van der Waals surface area contributed by atoms with Crippen molar-refractivity contribution in [2.24, 2.45) is 5.92 Å². The Hall–Kier alpha value is -1.42. The summed E-state index contributed by atoms with van der Waals surface area (Å²) < 4.78 is 5.71. The van der Waals surface area contributed by atoms with Crippen LogP contribution in [0.1, 0.15) is 17.9 Å². The van der Waals surface area contributed by atoms with Gasteiger partial charge in [-0.2, -0.15) is 0 Å². The van der Waals surface area contributed by atoms with Crippen molar-refractivity contribution in [2.75, 3.05) is 19.7 Å². The molecule has 2 heterocycles. The highest BCUT2D eigenvalue weighted by molar-refractivity contribution is 6.32. The van der Waals surface area contributed by atoms with Crippen LogP contribution < -0.4 is 4.74 Å². The molecule has 2 aliphatic rings. The lowest BCUT2D eigenvalue weighted by Crippen LogP contribution is -2.27. The van der Waals surface area contributed by atoms with Gasteiger partial charge in [-0.05, 0) is 18.4 Å². The predicted octanol–water partition coefficient (Wildman–Crippen LogP) is 2.82. The van der Waals surface area contributed by atoms with Gasteiger partial charge in [-0.1, -0.05) is 23.7 Å². The number of carbonyl (C=O) groups is 1. The van der Waals surface area contributed by atoms with Crippen molar-refractivity contribution in [3.63, 3.8) is 0 Å². The number of benzene rings is 1. The minimum Gasteiger partial charge on any atom is -0.492 e. The normalized spacial score (nSPS) is 25.9. The Balaban J connectivity index is 1.99. The maximum absolute atomic E-state index is 11.1. The van der Waals surface area contributed by atoms with Crippen LogP contribution in [0.5, 0.6) is 5.75 Å². The summed E-state index contributed by atoms with van der Waals surface area (Å²) in [6, 6.07) is 5.70. The van der Waals surface area contributed by atoms with Gasteiger partial charge in [0.15, 0.2) is 0 Å². The van der Waals surface area contributed by atoms with Crippen molar-refractivity contribution in [1.29, 1.82) is 0 Å². The fraction of sp³-hybridized carbons (Fsp3) is 0.462. The molecule has 2 atom stereocenters. The minimum absolute atomic E-state index is 0.206. The molecule has 1 saturated heterocycles. The lowest BCUT2D eigenvalue weighted by Gasteiger charge is -2.16. The topological polar surface area (TPSA) is 49.8 Å². The number of likely N-dealkylation sites (tertiary alicyclic amines) is 1. The molecular formula is C13H14ClNO3. The van der Waals surface area contributed by atoms with E-state index in [0.29, 0.717) is 30.6 Å². The smallest absolute Gasteiger partial charge is 0.407 e. The molecule has 1 fully saturated rings. The maximum Gasteiger partial charge on any atom is 0.407 e. The average molecular weight is 268 g/mol. The van der Waals surface area contributed by atoms with E-state index in [1.165, 1.54) is 4.90 Å². The summed E-state index contributed by atoms with van der Waals surface area (Å²) in [5.41, 5.74) is 1.05. The number of halogens is 1. The van der Waals surface area contributed by atoms with Crippen LogP contribution in [0.2, 0.25) is 5.02 Å². The Morgan fingerprint density at radius 1 is 1.44 bits per heavy atom. The van der Waals surface area contributed by atoms with E-state index in [0.717, 1.165) is 17.7 Å². The number of hydrogen-bond donors (Lipinski definition) is 1. The van der Waals surface area contributed by atoms with Crippen molar-refractivity contribution in [2.45, 2.75) is 12.3 Å². The molecule has 0 saturated carbocycles. The highest BCUT2D eigenvalue weighted by Gasteiger charge is 2.39. The molecule has 0 unspecified atom stereocenters. The summed E-state index contributed by atoms with van der Waals surface area (Å²) in [6.07, 6.45) is 0.0342. The Bertz CT molecular complexity index is 491. The molecular weight excluding hydrogens is 254 g/mol. The summed E-state index contributed by atoms with van der Waals surface area (Å²) in [5.74, 6) is 1.28. The van der Waals surface area contributed by atoms with Gasteiger partial charge in [-0.3, -0.25) is 0 Å². The van der Waals surface area contributed by atoms with Gasteiger partial charge in [-0.25, -0.2) is 4.79 Å². The number of rotatable bonds is 0. The van der Waals surface area contributed by atoms with Crippen molar-refractivity contribution < 1.29 is 14.6 Å². The van der Waals surface area contributed by atoms with Crippen LogP contribution in [0.15, 0.2) is 18.2 Å². The molecule has 1 amide bonds. The van der Waals surface area contributed by atoms with E-state index in [1.54, 1.807) is 0 Å². The minimum atomic E-state index is -0.840. The Morgan fingerprint density at radius 3 is 3.06 bits per heavy atom. The number of nitrogens with zero attached hydrogens (tertiary/aromatic N) is 1. The highest BCUT2D eigenvalue weighted by atomic mass is 35.5. The van der Waals surface area contributed by atoms with Gasteiger partial charge < -0.3 is 14.7 Å². The molecule has 2 aliphatic heterocycles. The van der Waals surface area contributed by atoms with Crippen LogP contribution in [-0.4, -0.2) is 35.8 Å². The molecule has 3 rings (SSSR count). The van der Waals surface area contributed by atoms with Gasteiger partial charge in [0.05, 0.1) is 11.6 Å². The molecule has 1 aromatic rings. The number of para-hydroxylation sites is 1. The molecule has 1 N–H and O–H groups in total. The van der Waals surface area contributed by atoms with E-state index in [1.807, 2.05) is 18.2 Å². The van der Waals surface area contributed by atoms with Crippen LogP contribution in [0.25, 0.3) is 0 Å². The lowest BCUT2D eigenvalue weighted by atomic mass is 9.87. The first-order valence-electron chi connectivity index (χ1n) is 6.06. The third-order valence-electron chi connectivity index (χ3n) is 3.84. The Labute approximate surface area is 110 Å². The molecule has 0 radical (unpaired) electrons. The molecule has 0 spiro atoms. The molecule has 1 aromatic carbocycles. The van der Waals surface area contributed by atoms with Gasteiger partial charge in [0.1, 0.15) is 5.75 Å². The largest absolute Gasteiger partial charge is 0.492 e. The van der Waals surface area contributed by atoms with Gasteiger partial charge >= 0.3 is 6.09 Å². The van der Waals surface area contributed by atoms with Crippen molar-refractivity contribution in [3.8, 4) is 5.75 Å². The third kappa shape index (κ3) is 1.81. The highest BCUT2D eigenvalue weighted by Crippen LogP contribution is 2.44. The fourth-order valence-corrected chi connectivity index (χ4v) is 3.19. The number of ether oxygens (including phenoxy) is 1. The van der Waals surface area contributed by atoms with Crippen LogP contribution in [-0.2, 0) is 0 Å². The zero-order chi connectivity index (χ0) is 12.7. The van der Waals surface area contributed by atoms with Gasteiger partial charge in [0, 0.05) is 24.6 Å². The Morgan fingerprint density at radius 2 is 2.28 bits per heavy atom. The molecule has 0 aromatic heterocycles. The van der Waals surface area contributed by atoms with E-state index in [2.05, 4.69) is 0 Å². The van der Waals surface area contributed by atoms with Crippen LogP contribution in [0, 0.1) is 5.92 Å². The third-order valence-corrected chi connectivity index (χ3v) is 4.14. The quantitative estimate of drug-likeness (QED) is 0.786. The summed E-state index contributed by atoms with van der Waals surface area (Å²) in [5, 5.41) is 9.71. The number of carboxylic acid groups (broad SMARTS) is 1. The number of amides is 1. The Kier molecular flexibility index (Phi) is 2.82. The van der Waals surface area contributed by atoms with Crippen LogP contribution in [0.3, 0.4) is 0 Å². The van der Waals surface area contributed by atoms with Crippen LogP contribution >= 0.6 is 11.6 Å². The van der Waals surface area contributed by atoms with Crippen molar-refractivity contribution >= 4 is 17.7 Å². The van der Waals surface area contributed by atoms with E-state index in [-0.39, 0.29) is 5.92 Å². The average Bonchev–Trinajstić information content (AvgIpc) is 2.68. The predicted molar refractivity (Wildman–Crippen MR) is 67.4 cm³/mol. The molecule has 5 heteroatoms. The summed E-state index contributed by atoms with van der Waals surface area (Å²) in [6.45, 7) is 1.73. The zero-order valence-electron chi connectivity index (χ0n) is 9.80. The summed E-state index contributed by atoms with van der Waals surface area (Å²) >= 11 is 6.15. The maximum atomic E-state index is 11.1. The number of hydrogen-bond acceptors (Lipinski definition) is 2. The SMILES string of the molecule is O=C(O)N1C[C@@H]2CCOc3c(Cl)cccc3[C@H]2C1. The monoisotopic (exact) mass is 267 g/mol. The second-order valence-electron chi connectivity index (χ2n) is 4.85. The molecule has 18 heavy (non-hydrogen) atoms. The van der Waals surface area contributed by atoms with E-state index in [9.17, 15) is 4.79 Å². The second kappa shape index (κ2) is 4.35. The summed E-state index contributed by atoms with van der Waals surface area (Å²) in [7, 11) is 0. The number of fused-ring (bicyclic) bond motifs is 3. The van der Waals surface area contributed by atoms with Crippen LogP contribution in [0.4, 0.5) is 4.79 Å². The molecule has 0 bridgehead atoms. The van der Waals surface area contributed by atoms with Gasteiger partial charge in [-0.15, -0.1) is 0 Å². The first-order chi connectivity index (χ1) is 8.66. The molecule has 0 aliphatic carbocycles. The van der Waals surface area contributed by atoms with E-state index >= 15 is 0 Å². The summed E-state index contributed by atoms with van der Waals surface area (Å²) in [4.78, 5) is 12.6. The second-order valence-corrected chi connectivity index (χ2v) is 5.26. The van der Waals surface area contributed by atoms with E-state index in [4.69, 9.17) is 21.4 Å². The first-order valence-corrected chi connectivity index (χ1v) is 6.43. The van der Waals surface area contributed by atoms with Crippen molar-refractivity contribution in [1.82, 2.24) is 4.90 Å². The zero-order valence-corrected chi connectivity index (χ0v) is 10.6. The molecule has 4 nitrogen and oxygen atoms in total. The first kappa shape index (κ1) is 11.7. The molecule has 96 valence electrons. The van der Waals surface area contributed by atoms with Gasteiger partial charge in [0.2, 0.25) is 0 Å².